The summed E-state index contributed by atoms with van der Waals surface area (Å²) in [6.07, 6.45) is 0.849. The summed E-state index contributed by atoms with van der Waals surface area (Å²) in [6.45, 7) is 4.07. The number of hydrogen-bond donors (Lipinski definition) is 1. The highest BCUT2D eigenvalue weighted by atomic mass is 16.6. The highest BCUT2D eigenvalue weighted by Crippen LogP contribution is 2.39. The van der Waals surface area contributed by atoms with E-state index < -0.39 is 5.97 Å². The minimum absolute atomic E-state index is 0.0956. The quantitative estimate of drug-likeness (QED) is 0.443. The Kier molecular flexibility index (Phi) is 6.45. The summed E-state index contributed by atoms with van der Waals surface area (Å²) in [5, 5.41) is 3.95. The molecule has 1 aliphatic rings. The Balaban J connectivity index is 1.60. The maximum atomic E-state index is 13.4. The van der Waals surface area contributed by atoms with E-state index in [1.54, 1.807) is 0 Å². The van der Waals surface area contributed by atoms with Gasteiger partial charge in [-0.25, -0.2) is 5.01 Å². The van der Waals surface area contributed by atoms with Gasteiger partial charge in [-0.2, -0.15) is 0 Å². The number of carbonyl (C=O) groups is 3. The van der Waals surface area contributed by atoms with E-state index in [1.165, 1.54) is 43.3 Å². The Morgan fingerprint density at radius 1 is 1.00 bits per heavy atom. The lowest BCUT2D eigenvalue weighted by Gasteiger charge is -2.28. The number of aromatic nitrogens is 1. The number of hydrazine groups is 1. The SMILES string of the molecule is COc1cc(C(=O)N2CCCN2C(=O)Cc2c(C)[nH]c3ccccc23)cc(OC)c1OC(C)=O. The number of rotatable bonds is 6. The van der Waals surface area contributed by atoms with Crippen LogP contribution in [0.15, 0.2) is 36.4 Å². The number of carbonyl (C=O) groups excluding carboxylic acids is 3. The van der Waals surface area contributed by atoms with Crippen molar-refractivity contribution >= 4 is 28.7 Å². The second-order valence-electron chi connectivity index (χ2n) is 8.05. The fourth-order valence-electron chi connectivity index (χ4n) is 4.28. The molecule has 1 aliphatic heterocycles. The predicted molar refractivity (Wildman–Crippen MR) is 125 cm³/mol. The van der Waals surface area contributed by atoms with E-state index in [0.717, 1.165) is 22.2 Å². The van der Waals surface area contributed by atoms with Crippen LogP contribution in [-0.4, -0.2) is 60.1 Å². The standard InChI is InChI=1S/C25H27N3O6/c1-15-19(18-8-5-6-9-20(18)26-15)14-23(30)27-10-7-11-28(27)25(31)17-12-21(32-3)24(34-16(2)29)22(13-17)33-4/h5-6,8-9,12-13,26H,7,10-11,14H2,1-4H3. The number of esters is 1. The fraction of sp³-hybridized carbons (Fsp3) is 0.320. The summed E-state index contributed by atoms with van der Waals surface area (Å²) in [4.78, 5) is 41.5. The number of benzene rings is 2. The molecular weight excluding hydrogens is 438 g/mol. The van der Waals surface area contributed by atoms with Crippen LogP contribution >= 0.6 is 0 Å². The van der Waals surface area contributed by atoms with Gasteiger partial charge in [0.2, 0.25) is 11.7 Å². The lowest BCUT2D eigenvalue weighted by Crippen LogP contribution is -2.45. The first-order valence-electron chi connectivity index (χ1n) is 11.0. The van der Waals surface area contributed by atoms with E-state index in [0.29, 0.717) is 19.5 Å². The summed E-state index contributed by atoms with van der Waals surface area (Å²) in [5.74, 6) is -0.604. The number of para-hydroxylation sites is 1. The Morgan fingerprint density at radius 2 is 1.65 bits per heavy atom. The maximum Gasteiger partial charge on any atom is 0.308 e. The molecule has 2 amide bonds. The number of ether oxygens (including phenoxy) is 3. The van der Waals surface area contributed by atoms with E-state index in [2.05, 4.69) is 4.98 Å². The van der Waals surface area contributed by atoms with Gasteiger partial charge in [-0.3, -0.25) is 19.4 Å². The Bertz CT molecular complexity index is 1240. The molecule has 178 valence electrons. The van der Waals surface area contributed by atoms with Gasteiger partial charge in [-0.15, -0.1) is 0 Å². The third kappa shape index (κ3) is 4.28. The second kappa shape index (κ2) is 9.46. The molecular formula is C25H27N3O6. The molecule has 4 rings (SSSR count). The summed E-state index contributed by atoms with van der Waals surface area (Å²) in [6, 6.07) is 10.8. The smallest absolute Gasteiger partial charge is 0.308 e. The van der Waals surface area contributed by atoms with Crippen molar-refractivity contribution in [1.82, 2.24) is 15.0 Å². The third-order valence-corrected chi connectivity index (χ3v) is 5.86. The van der Waals surface area contributed by atoms with Crippen LogP contribution in [0.1, 0.15) is 35.0 Å². The van der Waals surface area contributed by atoms with Gasteiger partial charge in [0.1, 0.15) is 0 Å². The van der Waals surface area contributed by atoms with Crippen molar-refractivity contribution < 1.29 is 28.6 Å². The van der Waals surface area contributed by atoms with Crippen LogP contribution in [0.4, 0.5) is 0 Å². The molecule has 1 aromatic heterocycles. The van der Waals surface area contributed by atoms with Crippen molar-refractivity contribution in [1.29, 1.82) is 0 Å². The molecule has 0 radical (unpaired) electrons. The van der Waals surface area contributed by atoms with Gasteiger partial charge in [-0.05, 0) is 37.1 Å². The van der Waals surface area contributed by atoms with E-state index in [4.69, 9.17) is 14.2 Å². The lowest BCUT2D eigenvalue weighted by molar-refractivity contribution is -0.139. The molecule has 0 spiro atoms. The molecule has 2 aromatic carbocycles. The molecule has 9 nitrogen and oxygen atoms in total. The van der Waals surface area contributed by atoms with Crippen molar-refractivity contribution in [3.8, 4) is 17.2 Å². The fourth-order valence-corrected chi connectivity index (χ4v) is 4.28. The number of hydrogen-bond acceptors (Lipinski definition) is 6. The first-order valence-corrected chi connectivity index (χ1v) is 11.0. The number of aryl methyl sites for hydroxylation is 1. The van der Waals surface area contributed by atoms with Crippen LogP contribution in [0, 0.1) is 6.92 Å². The van der Waals surface area contributed by atoms with Gasteiger partial charge in [0.25, 0.3) is 5.91 Å². The maximum absolute atomic E-state index is 13.4. The van der Waals surface area contributed by atoms with Gasteiger partial charge in [0.15, 0.2) is 11.5 Å². The lowest BCUT2D eigenvalue weighted by atomic mass is 10.1. The number of nitrogens with one attached hydrogen (secondary N) is 1. The summed E-state index contributed by atoms with van der Waals surface area (Å²) >= 11 is 0. The van der Waals surface area contributed by atoms with Crippen LogP contribution in [0.3, 0.4) is 0 Å². The van der Waals surface area contributed by atoms with Crippen LogP contribution in [0.5, 0.6) is 17.2 Å². The first kappa shape index (κ1) is 23.2. The average Bonchev–Trinajstić information content (AvgIpc) is 3.43. The topological polar surface area (TPSA) is 101 Å². The number of H-pyrrole nitrogens is 1. The Hall–Kier alpha value is -4.01. The van der Waals surface area contributed by atoms with E-state index >= 15 is 0 Å². The molecule has 1 N–H and O–H groups in total. The van der Waals surface area contributed by atoms with Crippen molar-refractivity contribution in [2.24, 2.45) is 0 Å². The molecule has 2 heterocycles. The largest absolute Gasteiger partial charge is 0.493 e. The minimum atomic E-state index is -0.542. The molecule has 0 saturated carbocycles. The second-order valence-corrected chi connectivity index (χ2v) is 8.05. The molecule has 0 atom stereocenters. The number of amides is 2. The molecule has 9 heteroatoms. The highest BCUT2D eigenvalue weighted by molar-refractivity contribution is 5.98. The summed E-state index contributed by atoms with van der Waals surface area (Å²) in [5.41, 5.74) is 3.09. The number of aromatic amines is 1. The normalized spacial score (nSPS) is 13.3. The zero-order valence-corrected chi connectivity index (χ0v) is 19.6. The Labute approximate surface area is 197 Å². The van der Waals surface area contributed by atoms with E-state index in [1.807, 2.05) is 31.2 Å². The summed E-state index contributed by atoms with van der Waals surface area (Å²) in [7, 11) is 2.82. The number of methoxy groups -OCH3 is 2. The molecule has 0 unspecified atom stereocenters. The molecule has 3 aromatic rings. The van der Waals surface area contributed by atoms with Gasteiger partial charge >= 0.3 is 5.97 Å². The van der Waals surface area contributed by atoms with E-state index in [9.17, 15) is 14.4 Å². The molecule has 34 heavy (non-hydrogen) atoms. The van der Waals surface area contributed by atoms with Crippen molar-refractivity contribution in [2.75, 3.05) is 27.3 Å². The van der Waals surface area contributed by atoms with Crippen LogP contribution in [-0.2, 0) is 16.0 Å². The number of fused-ring (bicyclic) bond motifs is 1. The van der Waals surface area contributed by atoms with Gasteiger partial charge < -0.3 is 19.2 Å². The highest BCUT2D eigenvalue weighted by Gasteiger charge is 2.33. The zero-order valence-electron chi connectivity index (χ0n) is 19.6. The Morgan fingerprint density at radius 3 is 2.29 bits per heavy atom. The van der Waals surface area contributed by atoms with Gasteiger partial charge in [-0.1, -0.05) is 18.2 Å². The molecule has 0 bridgehead atoms. The van der Waals surface area contributed by atoms with Crippen LogP contribution in [0.2, 0.25) is 0 Å². The number of nitrogens with zero attached hydrogens (tertiary/aromatic N) is 2. The minimum Gasteiger partial charge on any atom is -0.493 e. The predicted octanol–water partition coefficient (Wildman–Crippen LogP) is 3.25. The van der Waals surface area contributed by atoms with Crippen molar-refractivity contribution in [2.45, 2.75) is 26.7 Å². The summed E-state index contributed by atoms with van der Waals surface area (Å²) < 4.78 is 15.9. The van der Waals surface area contributed by atoms with Crippen LogP contribution < -0.4 is 14.2 Å². The van der Waals surface area contributed by atoms with E-state index in [-0.39, 0.29) is 41.0 Å². The van der Waals surface area contributed by atoms with Gasteiger partial charge in [0, 0.05) is 42.2 Å². The molecule has 1 fully saturated rings. The van der Waals surface area contributed by atoms with Crippen molar-refractivity contribution in [3.63, 3.8) is 0 Å². The average molecular weight is 466 g/mol. The monoisotopic (exact) mass is 465 g/mol. The van der Waals surface area contributed by atoms with Gasteiger partial charge in [0.05, 0.1) is 20.6 Å². The zero-order chi connectivity index (χ0) is 24.4. The molecule has 0 aliphatic carbocycles. The third-order valence-electron chi connectivity index (χ3n) is 5.86. The van der Waals surface area contributed by atoms with Crippen molar-refractivity contribution in [3.05, 3.63) is 53.2 Å². The molecule has 1 saturated heterocycles. The first-order chi connectivity index (χ1) is 16.3. The van der Waals surface area contributed by atoms with Crippen LogP contribution in [0.25, 0.3) is 10.9 Å².